The van der Waals surface area contributed by atoms with Crippen LogP contribution in [-0.2, 0) is 13.0 Å². The summed E-state index contributed by atoms with van der Waals surface area (Å²) in [4.78, 5) is 13.2. The van der Waals surface area contributed by atoms with Crippen molar-refractivity contribution in [2.75, 3.05) is 29.0 Å². The molecule has 0 atom stereocenters. The first-order valence-electron chi connectivity index (χ1n) is 8.99. The van der Waals surface area contributed by atoms with Gasteiger partial charge in [0, 0.05) is 19.6 Å². The molecule has 3 rings (SSSR count). The minimum Gasteiger partial charge on any atom is -0.354 e. The molecule has 3 aromatic rings. The lowest BCUT2D eigenvalue weighted by Crippen LogP contribution is -2.14. The maximum atomic E-state index is 13.0. The molecule has 27 heavy (non-hydrogen) atoms. The monoisotopic (exact) mass is 366 g/mol. The Balaban J connectivity index is 1.63. The zero-order valence-corrected chi connectivity index (χ0v) is 15.2. The lowest BCUT2D eigenvalue weighted by Gasteiger charge is -2.11. The van der Waals surface area contributed by atoms with E-state index in [1.54, 1.807) is 12.1 Å². The summed E-state index contributed by atoms with van der Waals surface area (Å²) in [6.07, 6.45) is 0.876. The summed E-state index contributed by atoms with van der Waals surface area (Å²) in [5.41, 5.74) is 2.20. The SMILES string of the molecule is CCNc1nc(NCCc2ccccc2)nc(NCc2ccc(F)cc2)n1. The molecule has 1 heterocycles. The molecule has 0 saturated heterocycles. The first-order valence-corrected chi connectivity index (χ1v) is 8.99. The van der Waals surface area contributed by atoms with Crippen molar-refractivity contribution in [1.82, 2.24) is 15.0 Å². The van der Waals surface area contributed by atoms with Gasteiger partial charge in [0.25, 0.3) is 0 Å². The van der Waals surface area contributed by atoms with Gasteiger partial charge < -0.3 is 16.0 Å². The van der Waals surface area contributed by atoms with Gasteiger partial charge in [0.1, 0.15) is 5.82 Å². The van der Waals surface area contributed by atoms with Crippen LogP contribution in [-0.4, -0.2) is 28.0 Å². The van der Waals surface area contributed by atoms with Crippen LogP contribution in [0.25, 0.3) is 0 Å². The standard InChI is InChI=1S/C20H23FN6/c1-2-22-18-25-19(23-13-12-15-6-4-3-5-7-15)27-20(26-18)24-14-16-8-10-17(21)11-9-16/h3-11H,2,12-14H2,1H3,(H3,22,23,24,25,26,27). The number of nitrogens with one attached hydrogen (secondary N) is 3. The predicted octanol–water partition coefficient (Wildman–Crippen LogP) is 3.71. The summed E-state index contributed by atoms with van der Waals surface area (Å²) in [6, 6.07) is 16.6. The Morgan fingerprint density at radius 1 is 0.741 bits per heavy atom. The molecule has 7 heteroatoms. The molecule has 3 N–H and O–H groups in total. The van der Waals surface area contributed by atoms with E-state index >= 15 is 0 Å². The summed E-state index contributed by atoms with van der Waals surface area (Å²) in [5.74, 6) is 1.24. The fraction of sp³-hybridized carbons (Fsp3) is 0.250. The molecule has 0 aliphatic heterocycles. The van der Waals surface area contributed by atoms with Crippen molar-refractivity contribution in [3.05, 3.63) is 71.5 Å². The molecule has 0 radical (unpaired) electrons. The third-order valence-corrected chi connectivity index (χ3v) is 3.87. The fourth-order valence-electron chi connectivity index (χ4n) is 2.52. The van der Waals surface area contributed by atoms with E-state index in [0.717, 1.165) is 18.5 Å². The molecule has 0 saturated carbocycles. The van der Waals surface area contributed by atoms with Crippen LogP contribution < -0.4 is 16.0 Å². The number of hydrogen-bond acceptors (Lipinski definition) is 6. The molecular formula is C20H23FN6. The second-order valence-electron chi connectivity index (χ2n) is 5.98. The number of benzene rings is 2. The van der Waals surface area contributed by atoms with Gasteiger partial charge in [0.2, 0.25) is 17.8 Å². The van der Waals surface area contributed by atoms with Crippen molar-refractivity contribution in [1.29, 1.82) is 0 Å². The van der Waals surface area contributed by atoms with Crippen molar-refractivity contribution in [3.63, 3.8) is 0 Å². The van der Waals surface area contributed by atoms with Crippen molar-refractivity contribution < 1.29 is 4.39 Å². The van der Waals surface area contributed by atoms with Crippen LogP contribution >= 0.6 is 0 Å². The molecule has 0 aliphatic carbocycles. The van der Waals surface area contributed by atoms with Crippen LogP contribution in [0.1, 0.15) is 18.1 Å². The van der Waals surface area contributed by atoms with E-state index in [1.807, 2.05) is 25.1 Å². The summed E-state index contributed by atoms with van der Waals surface area (Å²) in [6.45, 7) is 3.92. The van der Waals surface area contributed by atoms with Crippen LogP contribution in [0, 0.1) is 5.82 Å². The van der Waals surface area contributed by atoms with Gasteiger partial charge in [0.05, 0.1) is 0 Å². The van der Waals surface area contributed by atoms with Gasteiger partial charge in [-0.2, -0.15) is 15.0 Å². The first-order chi connectivity index (χ1) is 13.2. The predicted molar refractivity (Wildman–Crippen MR) is 106 cm³/mol. The molecule has 0 unspecified atom stereocenters. The molecule has 2 aromatic carbocycles. The molecule has 0 bridgehead atoms. The molecule has 0 aliphatic rings. The Kier molecular flexibility index (Phi) is 6.51. The summed E-state index contributed by atoms with van der Waals surface area (Å²) in [5, 5.41) is 9.52. The largest absolute Gasteiger partial charge is 0.354 e. The quantitative estimate of drug-likeness (QED) is 0.536. The van der Waals surface area contributed by atoms with Crippen LogP contribution in [0.4, 0.5) is 22.2 Å². The molecule has 0 amide bonds. The lowest BCUT2D eigenvalue weighted by molar-refractivity contribution is 0.627. The van der Waals surface area contributed by atoms with Gasteiger partial charge in [-0.05, 0) is 36.6 Å². The smallest absolute Gasteiger partial charge is 0.229 e. The number of anilines is 3. The Labute approximate surface area is 158 Å². The second-order valence-corrected chi connectivity index (χ2v) is 5.98. The third-order valence-electron chi connectivity index (χ3n) is 3.87. The highest BCUT2D eigenvalue weighted by Crippen LogP contribution is 2.11. The number of rotatable bonds is 9. The van der Waals surface area contributed by atoms with Crippen LogP contribution in [0.2, 0.25) is 0 Å². The van der Waals surface area contributed by atoms with Gasteiger partial charge >= 0.3 is 0 Å². The van der Waals surface area contributed by atoms with Crippen molar-refractivity contribution >= 4 is 17.8 Å². The van der Waals surface area contributed by atoms with Crippen molar-refractivity contribution in [2.45, 2.75) is 19.9 Å². The van der Waals surface area contributed by atoms with Gasteiger partial charge in [0.15, 0.2) is 0 Å². The van der Waals surface area contributed by atoms with Crippen LogP contribution in [0.5, 0.6) is 0 Å². The average Bonchev–Trinajstić information content (AvgIpc) is 2.69. The Morgan fingerprint density at radius 3 is 2.04 bits per heavy atom. The molecule has 140 valence electrons. The van der Waals surface area contributed by atoms with E-state index in [9.17, 15) is 4.39 Å². The first kappa shape index (κ1) is 18.6. The normalized spacial score (nSPS) is 10.4. The van der Waals surface area contributed by atoms with E-state index in [-0.39, 0.29) is 5.82 Å². The van der Waals surface area contributed by atoms with Crippen molar-refractivity contribution in [2.24, 2.45) is 0 Å². The zero-order valence-electron chi connectivity index (χ0n) is 15.2. The van der Waals surface area contributed by atoms with Gasteiger partial charge in [-0.1, -0.05) is 42.5 Å². The minimum absolute atomic E-state index is 0.252. The van der Waals surface area contributed by atoms with E-state index < -0.39 is 0 Å². The second kappa shape index (κ2) is 9.47. The Hall–Kier alpha value is -3.22. The summed E-state index contributed by atoms with van der Waals surface area (Å²) >= 11 is 0. The fourth-order valence-corrected chi connectivity index (χ4v) is 2.52. The number of aromatic nitrogens is 3. The highest BCUT2D eigenvalue weighted by Gasteiger charge is 2.06. The zero-order chi connectivity index (χ0) is 18.9. The highest BCUT2D eigenvalue weighted by molar-refractivity contribution is 5.42. The molecular weight excluding hydrogens is 343 g/mol. The van der Waals surface area contributed by atoms with E-state index in [4.69, 9.17) is 0 Å². The minimum atomic E-state index is -0.252. The third kappa shape index (κ3) is 5.91. The van der Waals surface area contributed by atoms with Crippen LogP contribution in [0.15, 0.2) is 54.6 Å². The number of nitrogens with zero attached hydrogens (tertiary/aromatic N) is 3. The Morgan fingerprint density at radius 2 is 1.37 bits per heavy atom. The van der Waals surface area contributed by atoms with E-state index in [2.05, 4.69) is 43.0 Å². The maximum absolute atomic E-state index is 13.0. The molecule has 0 spiro atoms. The van der Waals surface area contributed by atoms with Gasteiger partial charge in [-0.3, -0.25) is 0 Å². The summed E-state index contributed by atoms with van der Waals surface area (Å²) < 4.78 is 13.0. The van der Waals surface area contributed by atoms with E-state index in [1.165, 1.54) is 17.7 Å². The Bertz CT molecular complexity index is 839. The lowest BCUT2D eigenvalue weighted by atomic mass is 10.1. The number of hydrogen-bond donors (Lipinski definition) is 3. The van der Waals surface area contributed by atoms with Crippen molar-refractivity contribution in [3.8, 4) is 0 Å². The molecule has 1 aromatic heterocycles. The highest BCUT2D eigenvalue weighted by atomic mass is 19.1. The van der Waals surface area contributed by atoms with Gasteiger partial charge in [-0.25, -0.2) is 4.39 Å². The van der Waals surface area contributed by atoms with E-state index in [0.29, 0.717) is 30.9 Å². The molecule has 0 fully saturated rings. The van der Waals surface area contributed by atoms with Crippen LogP contribution in [0.3, 0.4) is 0 Å². The number of halogens is 1. The van der Waals surface area contributed by atoms with Gasteiger partial charge in [-0.15, -0.1) is 0 Å². The topological polar surface area (TPSA) is 74.8 Å². The maximum Gasteiger partial charge on any atom is 0.229 e. The summed E-state index contributed by atoms with van der Waals surface area (Å²) in [7, 11) is 0. The molecule has 6 nitrogen and oxygen atoms in total. The average molecular weight is 366 g/mol.